The van der Waals surface area contributed by atoms with Crippen LogP contribution in [0.25, 0.3) is 5.69 Å². The molecule has 2 aromatic rings. The van der Waals surface area contributed by atoms with Crippen molar-refractivity contribution in [2.24, 2.45) is 0 Å². The van der Waals surface area contributed by atoms with Crippen molar-refractivity contribution in [1.82, 2.24) is 9.78 Å². The molecule has 0 atom stereocenters. The van der Waals surface area contributed by atoms with Crippen molar-refractivity contribution in [3.05, 3.63) is 42.5 Å². The normalized spacial score (nSPS) is 8.87. The number of benzene rings is 1. The molecular weight excluding hydrogens is 240 g/mol. The maximum Gasteiger partial charge on any atom is 0.150 e. The largest absolute Gasteiger partial charge is 0.399 e. The van der Waals surface area contributed by atoms with E-state index in [1.54, 1.807) is 30.6 Å². The summed E-state index contributed by atoms with van der Waals surface area (Å²) in [6.07, 6.45) is 3.27. The number of nitrogen functional groups attached to an aromatic ring is 1. The molecule has 0 aliphatic carbocycles. The molecule has 0 aliphatic heterocycles. The lowest BCUT2D eigenvalue weighted by Crippen LogP contribution is -1.98. The number of nitrogens with two attached hydrogens (primary N) is 1. The third kappa shape index (κ3) is 2.84. The van der Waals surface area contributed by atoms with Crippen LogP contribution in [-0.2, 0) is 0 Å². The number of aromatic nitrogens is 2. The van der Waals surface area contributed by atoms with Crippen LogP contribution in [0.5, 0.6) is 0 Å². The summed E-state index contributed by atoms with van der Waals surface area (Å²) in [6.45, 7) is 0. The molecule has 82 valence electrons. The molecule has 0 amide bonds. The first-order chi connectivity index (χ1) is 6.27. The van der Waals surface area contributed by atoms with E-state index >= 15 is 0 Å². The SMILES string of the molecule is Cl.Cl.Nc1ccc(-n2cccn2)c(F)c1. The molecule has 0 radical (unpaired) electrons. The number of hydrogen-bond acceptors (Lipinski definition) is 2. The first kappa shape index (κ1) is 13.7. The minimum absolute atomic E-state index is 0. The average Bonchev–Trinajstić information content (AvgIpc) is 2.56. The van der Waals surface area contributed by atoms with Gasteiger partial charge in [0, 0.05) is 18.1 Å². The number of halogens is 3. The Hall–Kier alpha value is -1.26. The maximum atomic E-state index is 13.3. The summed E-state index contributed by atoms with van der Waals surface area (Å²) in [4.78, 5) is 0. The van der Waals surface area contributed by atoms with Gasteiger partial charge in [0.05, 0.1) is 0 Å². The van der Waals surface area contributed by atoms with E-state index in [1.807, 2.05) is 0 Å². The van der Waals surface area contributed by atoms with Gasteiger partial charge in [0.1, 0.15) is 5.69 Å². The fourth-order valence-corrected chi connectivity index (χ4v) is 1.12. The highest BCUT2D eigenvalue weighted by Gasteiger charge is 2.03. The topological polar surface area (TPSA) is 43.8 Å². The summed E-state index contributed by atoms with van der Waals surface area (Å²) >= 11 is 0. The molecule has 0 fully saturated rings. The highest BCUT2D eigenvalue weighted by atomic mass is 35.5. The van der Waals surface area contributed by atoms with Gasteiger partial charge in [-0.2, -0.15) is 5.10 Å². The lowest BCUT2D eigenvalue weighted by molar-refractivity contribution is 0.611. The van der Waals surface area contributed by atoms with Crippen molar-refractivity contribution >= 4 is 30.5 Å². The summed E-state index contributed by atoms with van der Waals surface area (Å²) in [5.41, 5.74) is 6.22. The molecule has 2 rings (SSSR count). The highest BCUT2D eigenvalue weighted by molar-refractivity contribution is 5.85. The van der Waals surface area contributed by atoms with Crippen molar-refractivity contribution in [2.75, 3.05) is 5.73 Å². The summed E-state index contributed by atoms with van der Waals surface area (Å²) < 4.78 is 14.7. The van der Waals surface area contributed by atoms with Crippen LogP contribution >= 0.6 is 24.8 Å². The Bertz CT molecular complexity index is 417. The van der Waals surface area contributed by atoms with Crippen LogP contribution < -0.4 is 5.73 Å². The lowest BCUT2D eigenvalue weighted by atomic mass is 10.3. The van der Waals surface area contributed by atoms with Crippen LogP contribution in [0.2, 0.25) is 0 Å². The number of hydrogen-bond donors (Lipinski definition) is 1. The Morgan fingerprint density at radius 2 is 2.00 bits per heavy atom. The molecule has 15 heavy (non-hydrogen) atoms. The smallest absolute Gasteiger partial charge is 0.150 e. The van der Waals surface area contributed by atoms with Crippen molar-refractivity contribution in [1.29, 1.82) is 0 Å². The van der Waals surface area contributed by atoms with E-state index in [0.29, 0.717) is 11.4 Å². The zero-order chi connectivity index (χ0) is 9.26. The fourth-order valence-electron chi connectivity index (χ4n) is 1.12. The fraction of sp³-hybridized carbons (Fsp3) is 0. The molecule has 0 saturated heterocycles. The van der Waals surface area contributed by atoms with Crippen molar-refractivity contribution < 1.29 is 4.39 Å². The van der Waals surface area contributed by atoms with Gasteiger partial charge in [-0.1, -0.05) is 0 Å². The zero-order valence-corrected chi connectivity index (χ0v) is 9.26. The maximum absolute atomic E-state index is 13.3. The number of nitrogens with zero attached hydrogens (tertiary/aromatic N) is 2. The quantitative estimate of drug-likeness (QED) is 0.790. The van der Waals surface area contributed by atoms with Gasteiger partial charge in [-0.3, -0.25) is 0 Å². The summed E-state index contributed by atoms with van der Waals surface area (Å²) in [5.74, 6) is -0.372. The summed E-state index contributed by atoms with van der Waals surface area (Å²) in [5, 5.41) is 3.91. The van der Waals surface area contributed by atoms with E-state index in [2.05, 4.69) is 5.10 Å². The van der Waals surface area contributed by atoms with E-state index in [-0.39, 0.29) is 30.6 Å². The Morgan fingerprint density at radius 3 is 2.53 bits per heavy atom. The van der Waals surface area contributed by atoms with E-state index in [4.69, 9.17) is 5.73 Å². The predicted molar refractivity (Wildman–Crippen MR) is 62.4 cm³/mol. The minimum atomic E-state index is -0.372. The molecular formula is C9H10Cl2FN3. The summed E-state index contributed by atoms with van der Waals surface area (Å²) in [7, 11) is 0. The van der Waals surface area contributed by atoms with Crippen LogP contribution in [0.4, 0.5) is 10.1 Å². The van der Waals surface area contributed by atoms with Gasteiger partial charge in [-0.25, -0.2) is 9.07 Å². The molecule has 0 aliphatic rings. The average molecular weight is 250 g/mol. The first-order valence-corrected chi connectivity index (χ1v) is 3.82. The first-order valence-electron chi connectivity index (χ1n) is 3.82. The van der Waals surface area contributed by atoms with Crippen molar-refractivity contribution in [3.63, 3.8) is 0 Å². The molecule has 1 aromatic heterocycles. The molecule has 2 N–H and O–H groups in total. The number of anilines is 1. The van der Waals surface area contributed by atoms with Crippen LogP contribution in [0, 0.1) is 5.82 Å². The van der Waals surface area contributed by atoms with Gasteiger partial charge in [-0.05, 0) is 24.3 Å². The van der Waals surface area contributed by atoms with Crippen LogP contribution in [0.15, 0.2) is 36.7 Å². The monoisotopic (exact) mass is 249 g/mol. The second kappa shape index (κ2) is 5.58. The van der Waals surface area contributed by atoms with Gasteiger partial charge in [0.25, 0.3) is 0 Å². The van der Waals surface area contributed by atoms with Gasteiger partial charge >= 0.3 is 0 Å². The predicted octanol–water partition coefficient (Wildman–Crippen LogP) is 2.44. The van der Waals surface area contributed by atoms with Crippen LogP contribution in [0.1, 0.15) is 0 Å². The molecule has 6 heteroatoms. The highest BCUT2D eigenvalue weighted by Crippen LogP contribution is 2.14. The van der Waals surface area contributed by atoms with Crippen LogP contribution in [0.3, 0.4) is 0 Å². The molecule has 0 unspecified atom stereocenters. The second-order valence-corrected chi connectivity index (χ2v) is 2.66. The zero-order valence-electron chi connectivity index (χ0n) is 7.63. The molecule has 0 saturated carbocycles. The molecule has 0 spiro atoms. The van der Waals surface area contributed by atoms with Gasteiger partial charge in [0.15, 0.2) is 5.82 Å². The summed E-state index contributed by atoms with van der Waals surface area (Å²) in [6, 6.07) is 6.24. The third-order valence-electron chi connectivity index (χ3n) is 1.72. The molecule has 1 heterocycles. The van der Waals surface area contributed by atoms with Gasteiger partial charge in [-0.15, -0.1) is 24.8 Å². The number of rotatable bonds is 1. The third-order valence-corrected chi connectivity index (χ3v) is 1.72. The Balaban J connectivity index is 0.000000980. The molecule has 3 nitrogen and oxygen atoms in total. The van der Waals surface area contributed by atoms with E-state index < -0.39 is 0 Å². The van der Waals surface area contributed by atoms with Crippen molar-refractivity contribution in [3.8, 4) is 5.69 Å². The van der Waals surface area contributed by atoms with Crippen LogP contribution in [-0.4, -0.2) is 9.78 Å². The van der Waals surface area contributed by atoms with E-state index in [9.17, 15) is 4.39 Å². The van der Waals surface area contributed by atoms with E-state index in [0.717, 1.165) is 0 Å². The molecule has 0 bridgehead atoms. The van der Waals surface area contributed by atoms with Crippen molar-refractivity contribution in [2.45, 2.75) is 0 Å². The Kier molecular flexibility index (Phi) is 5.11. The standard InChI is InChI=1S/C9H8FN3.2ClH/c10-8-6-7(11)2-3-9(8)13-5-1-4-12-13;;/h1-6H,11H2;2*1H. The van der Waals surface area contributed by atoms with E-state index in [1.165, 1.54) is 10.7 Å². The van der Waals surface area contributed by atoms with Gasteiger partial charge < -0.3 is 5.73 Å². The minimum Gasteiger partial charge on any atom is -0.399 e. The Labute approximate surface area is 98.9 Å². The van der Waals surface area contributed by atoms with Gasteiger partial charge in [0.2, 0.25) is 0 Å². The lowest BCUT2D eigenvalue weighted by Gasteiger charge is -2.02. The Morgan fingerprint density at radius 1 is 1.27 bits per heavy atom. The molecule has 1 aromatic carbocycles. The second-order valence-electron chi connectivity index (χ2n) is 2.66.